The standard InChI is InChI=1S/C10H16N2S/c1-7-3-4-10(13-7)8(2)12-9-5-11-6-9/h3-4,8-9,11-12H,5-6H2,1-2H3. The van der Waals surface area contributed by atoms with E-state index < -0.39 is 0 Å². The van der Waals surface area contributed by atoms with Crippen LogP contribution in [0.25, 0.3) is 0 Å². The van der Waals surface area contributed by atoms with Crippen molar-refractivity contribution < 1.29 is 0 Å². The highest BCUT2D eigenvalue weighted by Crippen LogP contribution is 2.22. The number of hydrogen-bond donors (Lipinski definition) is 2. The molecule has 1 unspecified atom stereocenters. The highest BCUT2D eigenvalue weighted by atomic mass is 32.1. The molecule has 2 N–H and O–H groups in total. The number of aryl methyl sites for hydroxylation is 1. The Bertz CT molecular complexity index is 278. The second kappa shape index (κ2) is 3.78. The third-order valence-electron chi connectivity index (χ3n) is 2.46. The molecule has 1 fully saturated rings. The van der Waals surface area contributed by atoms with Crippen LogP contribution in [0.3, 0.4) is 0 Å². The number of nitrogens with one attached hydrogen (secondary N) is 2. The smallest absolute Gasteiger partial charge is 0.0389 e. The van der Waals surface area contributed by atoms with Crippen LogP contribution < -0.4 is 10.6 Å². The zero-order valence-corrected chi connectivity index (χ0v) is 8.95. The Labute approximate surface area is 83.4 Å². The monoisotopic (exact) mass is 196 g/mol. The van der Waals surface area contributed by atoms with Gasteiger partial charge in [-0.15, -0.1) is 11.3 Å². The Morgan fingerprint density at radius 1 is 1.54 bits per heavy atom. The lowest BCUT2D eigenvalue weighted by Crippen LogP contribution is -2.55. The van der Waals surface area contributed by atoms with Crippen LogP contribution in [0.2, 0.25) is 0 Å². The summed E-state index contributed by atoms with van der Waals surface area (Å²) in [5.41, 5.74) is 0. The van der Waals surface area contributed by atoms with Crippen LogP contribution in [-0.2, 0) is 0 Å². The SMILES string of the molecule is Cc1ccc(C(C)NC2CNC2)s1. The van der Waals surface area contributed by atoms with Gasteiger partial charge in [0, 0.05) is 34.9 Å². The fraction of sp³-hybridized carbons (Fsp3) is 0.600. The number of thiophene rings is 1. The molecule has 1 saturated heterocycles. The molecule has 0 aliphatic carbocycles. The van der Waals surface area contributed by atoms with Crippen LogP contribution in [0.1, 0.15) is 22.7 Å². The van der Waals surface area contributed by atoms with Crippen molar-refractivity contribution >= 4 is 11.3 Å². The van der Waals surface area contributed by atoms with Gasteiger partial charge in [-0.1, -0.05) is 0 Å². The predicted molar refractivity (Wildman–Crippen MR) is 57.3 cm³/mol. The van der Waals surface area contributed by atoms with E-state index in [0.29, 0.717) is 12.1 Å². The van der Waals surface area contributed by atoms with E-state index in [1.165, 1.54) is 9.75 Å². The first-order chi connectivity index (χ1) is 6.25. The molecule has 72 valence electrons. The Morgan fingerprint density at radius 3 is 2.77 bits per heavy atom. The quantitative estimate of drug-likeness (QED) is 0.768. The molecule has 1 aromatic rings. The van der Waals surface area contributed by atoms with Crippen molar-refractivity contribution in [1.29, 1.82) is 0 Å². The summed E-state index contributed by atoms with van der Waals surface area (Å²) in [6, 6.07) is 5.60. The topological polar surface area (TPSA) is 24.1 Å². The zero-order chi connectivity index (χ0) is 9.26. The molecule has 0 saturated carbocycles. The van der Waals surface area contributed by atoms with Crippen LogP contribution in [0.4, 0.5) is 0 Å². The summed E-state index contributed by atoms with van der Waals surface area (Å²) in [5.74, 6) is 0. The maximum Gasteiger partial charge on any atom is 0.0389 e. The molecule has 2 nitrogen and oxygen atoms in total. The Kier molecular flexibility index (Phi) is 2.67. The molecule has 3 heteroatoms. The number of rotatable bonds is 3. The first-order valence-electron chi connectivity index (χ1n) is 4.79. The van der Waals surface area contributed by atoms with Crippen molar-refractivity contribution in [3.05, 3.63) is 21.9 Å². The summed E-state index contributed by atoms with van der Waals surface area (Å²) < 4.78 is 0. The Balaban J connectivity index is 1.92. The van der Waals surface area contributed by atoms with Crippen LogP contribution in [0.15, 0.2) is 12.1 Å². The summed E-state index contributed by atoms with van der Waals surface area (Å²) in [6.45, 7) is 6.64. The molecule has 1 aliphatic rings. The number of hydrogen-bond acceptors (Lipinski definition) is 3. The maximum absolute atomic E-state index is 3.59. The highest BCUT2D eigenvalue weighted by Gasteiger charge is 2.19. The second-order valence-electron chi connectivity index (χ2n) is 3.69. The molecule has 13 heavy (non-hydrogen) atoms. The largest absolute Gasteiger partial charge is 0.314 e. The van der Waals surface area contributed by atoms with Gasteiger partial charge in [0.2, 0.25) is 0 Å². The lowest BCUT2D eigenvalue weighted by Gasteiger charge is -2.30. The average molecular weight is 196 g/mol. The highest BCUT2D eigenvalue weighted by molar-refractivity contribution is 7.12. The van der Waals surface area contributed by atoms with Gasteiger partial charge in [-0.05, 0) is 26.0 Å². The molecular weight excluding hydrogens is 180 g/mol. The van der Waals surface area contributed by atoms with E-state index in [2.05, 4.69) is 36.6 Å². The van der Waals surface area contributed by atoms with Gasteiger partial charge in [0.25, 0.3) is 0 Å². The van der Waals surface area contributed by atoms with E-state index in [4.69, 9.17) is 0 Å². The first-order valence-corrected chi connectivity index (χ1v) is 5.60. The van der Waals surface area contributed by atoms with Crippen molar-refractivity contribution in [2.75, 3.05) is 13.1 Å². The van der Waals surface area contributed by atoms with E-state index >= 15 is 0 Å². The molecule has 1 aliphatic heterocycles. The Morgan fingerprint density at radius 2 is 2.31 bits per heavy atom. The summed E-state index contributed by atoms with van der Waals surface area (Å²) in [7, 11) is 0. The normalized spacial score (nSPS) is 19.8. The molecule has 0 aromatic carbocycles. The minimum Gasteiger partial charge on any atom is -0.314 e. The van der Waals surface area contributed by atoms with E-state index in [9.17, 15) is 0 Å². The Hall–Kier alpha value is -0.380. The molecule has 2 rings (SSSR count). The van der Waals surface area contributed by atoms with Crippen molar-refractivity contribution in [2.45, 2.75) is 25.9 Å². The second-order valence-corrected chi connectivity index (χ2v) is 5.01. The van der Waals surface area contributed by atoms with Gasteiger partial charge in [-0.25, -0.2) is 0 Å². The molecule has 0 amide bonds. The minimum atomic E-state index is 0.505. The fourth-order valence-corrected chi connectivity index (χ4v) is 2.42. The van der Waals surface area contributed by atoms with Gasteiger partial charge in [-0.2, -0.15) is 0 Å². The molecule has 0 bridgehead atoms. The summed E-state index contributed by atoms with van der Waals surface area (Å²) in [5, 5.41) is 6.86. The fourth-order valence-electron chi connectivity index (χ4n) is 1.53. The predicted octanol–water partition coefficient (Wildman–Crippen LogP) is 1.68. The third-order valence-corrected chi connectivity index (χ3v) is 3.64. The van der Waals surface area contributed by atoms with Crippen molar-refractivity contribution in [2.24, 2.45) is 0 Å². The third kappa shape index (κ3) is 2.10. The molecule has 1 atom stereocenters. The van der Waals surface area contributed by atoms with Crippen molar-refractivity contribution in [1.82, 2.24) is 10.6 Å². The van der Waals surface area contributed by atoms with Crippen molar-refractivity contribution in [3.8, 4) is 0 Å². The van der Waals surface area contributed by atoms with Crippen LogP contribution in [-0.4, -0.2) is 19.1 Å². The van der Waals surface area contributed by atoms with Gasteiger partial charge in [0.15, 0.2) is 0 Å². The van der Waals surface area contributed by atoms with Crippen LogP contribution >= 0.6 is 11.3 Å². The minimum absolute atomic E-state index is 0.505. The molecule has 0 spiro atoms. The van der Waals surface area contributed by atoms with Gasteiger partial charge in [0.05, 0.1) is 0 Å². The molecular formula is C10H16N2S. The summed E-state index contributed by atoms with van der Waals surface area (Å²) in [6.07, 6.45) is 0. The van der Waals surface area contributed by atoms with Crippen molar-refractivity contribution in [3.63, 3.8) is 0 Å². The van der Waals surface area contributed by atoms with E-state index in [0.717, 1.165) is 13.1 Å². The summed E-state index contributed by atoms with van der Waals surface area (Å²) >= 11 is 1.89. The molecule has 1 aromatic heterocycles. The lowest BCUT2D eigenvalue weighted by atomic mass is 10.1. The van der Waals surface area contributed by atoms with E-state index in [-0.39, 0.29) is 0 Å². The van der Waals surface area contributed by atoms with Gasteiger partial charge in [-0.3, -0.25) is 0 Å². The average Bonchev–Trinajstić information content (AvgIpc) is 2.44. The summed E-state index contributed by atoms with van der Waals surface area (Å²) in [4.78, 5) is 2.85. The zero-order valence-electron chi connectivity index (χ0n) is 8.13. The first kappa shape index (κ1) is 9.19. The molecule has 2 heterocycles. The van der Waals surface area contributed by atoms with Gasteiger partial charge in [0.1, 0.15) is 0 Å². The van der Waals surface area contributed by atoms with E-state index in [1.54, 1.807) is 0 Å². The maximum atomic E-state index is 3.59. The van der Waals surface area contributed by atoms with Crippen LogP contribution in [0.5, 0.6) is 0 Å². The molecule has 0 radical (unpaired) electrons. The van der Waals surface area contributed by atoms with Crippen LogP contribution in [0, 0.1) is 6.92 Å². The van der Waals surface area contributed by atoms with E-state index in [1.807, 2.05) is 11.3 Å². The van der Waals surface area contributed by atoms with Gasteiger partial charge < -0.3 is 10.6 Å². The lowest BCUT2D eigenvalue weighted by molar-refractivity contribution is 0.340. The van der Waals surface area contributed by atoms with Gasteiger partial charge >= 0.3 is 0 Å².